The fraction of sp³-hybridized carbons (Fsp3) is 0.738. The maximum Gasteiger partial charge on any atom is 0.306 e. The molecule has 0 aliphatic rings. The highest BCUT2D eigenvalue weighted by atomic mass is 16.7. The number of hydrogen-bond acceptors (Lipinski definition) is 8. The summed E-state index contributed by atoms with van der Waals surface area (Å²) >= 11 is 0. The van der Waals surface area contributed by atoms with Gasteiger partial charge in [-0.05, 0) is 83.5 Å². The third-order valence-corrected chi connectivity index (χ3v) is 16.0. The van der Waals surface area contributed by atoms with Crippen molar-refractivity contribution in [1.29, 1.82) is 0 Å². The average Bonchev–Trinajstić information content (AvgIpc) is 3.64. The monoisotopic (exact) mass is 1240 g/mol. The highest BCUT2D eigenvalue weighted by Gasteiger charge is 2.22. The molecule has 0 aromatic carbocycles. The zero-order valence-corrected chi connectivity index (χ0v) is 58.5. The molecule has 2 unspecified atom stereocenters. The molecule has 0 aliphatic carbocycles. The summed E-state index contributed by atoms with van der Waals surface area (Å²) in [6.07, 6.45) is 94.7. The molecular formula is C80H139NO8. The summed E-state index contributed by atoms with van der Waals surface area (Å²) < 4.78 is 22.8. The fourth-order valence-corrected chi connectivity index (χ4v) is 10.4. The zero-order chi connectivity index (χ0) is 64.7. The lowest BCUT2D eigenvalue weighted by molar-refractivity contribution is -0.870. The Bertz CT molecular complexity index is 1830. The summed E-state index contributed by atoms with van der Waals surface area (Å²) in [6, 6.07) is 0. The molecule has 0 N–H and O–H groups in total. The Kier molecular flexibility index (Phi) is 66.7. The Morgan fingerprint density at radius 2 is 0.640 bits per heavy atom. The lowest BCUT2D eigenvalue weighted by Gasteiger charge is -2.26. The molecule has 0 aromatic rings. The van der Waals surface area contributed by atoms with Crippen molar-refractivity contribution in [2.75, 3.05) is 47.5 Å². The predicted octanol–water partition coefficient (Wildman–Crippen LogP) is 22.0. The van der Waals surface area contributed by atoms with Gasteiger partial charge in [0.15, 0.2) is 12.4 Å². The number of carboxylic acids is 1. The van der Waals surface area contributed by atoms with Crippen LogP contribution in [0.1, 0.15) is 322 Å². The van der Waals surface area contributed by atoms with Gasteiger partial charge in [-0.1, -0.05) is 335 Å². The summed E-state index contributed by atoms with van der Waals surface area (Å²) in [6.45, 7) is 4.66. The minimum Gasteiger partial charge on any atom is -0.545 e. The van der Waals surface area contributed by atoms with Crippen molar-refractivity contribution in [1.82, 2.24) is 0 Å². The number of rotatable bonds is 68. The van der Waals surface area contributed by atoms with E-state index in [4.69, 9.17) is 18.9 Å². The van der Waals surface area contributed by atoms with Crippen molar-refractivity contribution in [3.63, 3.8) is 0 Å². The van der Waals surface area contributed by atoms with Crippen molar-refractivity contribution in [3.8, 4) is 0 Å². The van der Waals surface area contributed by atoms with Gasteiger partial charge in [-0.25, -0.2) is 0 Å². The van der Waals surface area contributed by atoms with Crippen LogP contribution in [-0.2, 0) is 33.3 Å². The second-order valence-electron chi connectivity index (χ2n) is 25.9. The second kappa shape index (κ2) is 69.8. The van der Waals surface area contributed by atoms with E-state index in [-0.39, 0.29) is 38.6 Å². The summed E-state index contributed by atoms with van der Waals surface area (Å²) in [5.74, 6) is -2.29. The summed E-state index contributed by atoms with van der Waals surface area (Å²) in [5, 5.41) is 11.8. The molecule has 512 valence electrons. The summed E-state index contributed by atoms with van der Waals surface area (Å²) in [7, 11) is 5.93. The Morgan fingerprint density at radius 3 is 0.955 bits per heavy atom. The second-order valence-corrected chi connectivity index (χ2v) is 25.9. The van der Waals surface area contributed by atoms with Gasteiger partial charge in [-0.15, -0.1) is 0 Å². The molecule has 0 aromatic heterocycles. The molecule has 2 atom stereocenters. The number of ether oxygens (including phenoxy) is 4. The first-order valence-electron chi connectivity index (χ1n) is 37.0. The standard InChI is InChI=1S/C80H139NO8/c1-6-8-10-12-14-16-18-20-22-24-26-28-30-32-34-36-37-38-39-40-41-43-45-47-49-51-53-55-57-59-61-63-65-67-69-71-78(83)89-76(75-88-80(79(84)85)86-73-72-81(3,4)5)74-87-77(82)70-68-66-64-62-60-58-56-54-52-50-48-46-44-42-35-33-31-29-27-25-23-21-19-17-15-13-11-9-7-2/h8,10,14,16,20,22,26,28,32,34,37-38,40-41,45,47,51,53,76,80H,6-7,9,11-13,15,17-19,21,23-25,27,29-31,33,35-36,39,42-44,46,48-50,52,54-75H2,1-5H3/b10-8-,16-14-,22-20-,28-26-,34-32-,38-37-,41-40-,47-45-,53-51-. The van der Waals surface area contributed by atoms with Gasteiger partial charge in [-0.2, -0.15) is 0 Å². The van der Waals surface area contributed by atoms with E-state index in [2.05, 4.69) is 123 Å². The molecular weight excluding hydrogens is 1100 g/mol. The van der Waals surface area contributed by atoms with E-state index >= 15 is 0 Å². The molecule has 9 nitrogen and oxygen atoms in total. The van der Waals surface area contributed by atoms with E-state index < -0.39 is 24.3 Å². The third-order valence-electron chi connectivity index (χ3n) is 16.0. The highest BCUT2D eigenvalue weighted by molar-refractivity contribution is 5.70. The largest absolute Gasteiger partial charge is 0.545 e. The molecule has 0 heterocycles. The maximum absolute atomic E-state index is 12.9. The molecule has 9 heteroatoms. The third kappa shape index (κ3) is 71.3. The van der Waals surface area contributed by atoms with Crippen LogP contribution < -0.4 is 5.11 Å². The van der Waals surface area contributed by atoms with Crippen LogP contribution >= 0.6 is 0 Å². The molecule has 89 heavy (non-hydrogen) atoms. The van der Waals surface area contributed by atoms with Crippen molar-refractivity contribution in [2.24, 2.45) is 0 Å². The first-order chi connectivity index (χ1) is 43.6. The van der Waals surface area contributed by atoms with Gasteiger partial charge in [0.05, 0.1) is 40.3 Å². The van der Waals surface area contributed by atoms with E-state index in [1.54, 1.807) is 0 Å². The molecule has 0 spiro atoms. The number of carbonyl (C=O) groups is 3. The molecule has 0 amide bonds. The molecule has 0 saturated carbocycles. The molecule has 0 aliphatic heterocycles. The van der Waals surface area contributed by atoms with Crippen LogP contribution in [0, 0.1) is 0 Å². The predicted molar refractivity (Wildman–Crippen MR) is 380 cm³/mol. The van der Waals surface area contributed by atoms with Crippen LogP contribution in [0.5, 0.6) is 0 Å². The molecule has 0 saturated heterocycles. The smallest absolute Gasteiger partial charge is 0.306 e. The van der Waals surface area contributed by atoms with Gasteiger partial charge in [0.25, 0.3) is 0 Å². The molecule has 0 fully saturated rings. The van der Waals surface area contributed by atoms with Crippen LogP contribution in [0.4, 0.5) is 0 Å². The number of hydrogen-bond donors (Lipinski definition) is 0. The van der Waals surface area contributed by atoms with E-state index in [1.807, 2.05) is 21.1 Å². The zero-order valence-electron chi connectivity index (χ0n) is 58.5. The number of allylic oxidation sites excluding steroid dienone is 18. The number of nitrogens with zero attached hydrogens (tertiary/aromatic N) is 1. The van der Waals surface area contributed by atoms with Crippen LogP contribution in [0.25, 0.3) is 0 Å². The first-order valence-corrected chi connectivity index (χ1v) is 37.0. The number of carboxylic acid groups (broad SMARTS) is 1. The molecule has 0 rings (SSSR count). The van der Waals surface area contributed by atoms with Crippen molar-refractivity contribution < 1.29 is 42.9 Å². The van der Waals surface area contributed by atoms with E-state index in [1.165, 1.54) is 186 Å². The first kappa shape index (κ1) is 85.0. The van der Waals surface area contributed by atoms with E-state index in [0.717, 1.165) is 103 Å². The Morgan fingerprint density at radius 1 is 0.348 bits per heavy atom. The quantitative estimate of drug-likeness (QED) is 0.0195. The average molecular weight is 1240 g/mol. The number of likely N-dealkylation sites (N-methyl/N-ethyl adjacent to an activating group) is 1. The summed E-state index contributed by atoms with van der Waals surface area (Å²) in [5.41, 5.74) is 0. The van der Waals surface area contributed by atoms with Crippen molar-refractivity contribution in [2.45, 2.75) is 334 Å². The Balaban J connectivity index is 4.14. The van der Waals surface area contributed by atoms with Gasteiger partial charge >= 0.3 is 11.9 Å². The maximum atomic E-state index is 12.9. The number of carbonyl (C=O) groups excluding carboxylic acids is 3. The number of quaternary nitrogens is 1. The van der Waals surface area contributed by atoms with Crippen molar-refractivity contribution >= 4 is 17.9 Å². The summed E-state index contributed by atoms with van der Waals surface area (Å²) in [4.78, 5) is 37.5. The highest BCUT2D eigenvalue weighted by Crippen LogP contribution is 2.18. The van der Waals surface area contributed by atoms with Crippen LogP contribution in [0.15, 0.2) is 109 Å². The van der Waals surface area contributed by atoms with Gasteiger partial charge in [-0.3, -0.25) is 9.59 Å². The normalized spacial score (nSPS) is 13.3. The van der Waals surface area contributed by atoms with Crippen LogP contribution in [0.2, 0.25) is 0 Å². The van der Waals surface area contributed by atoms with Crippen LogP contribution in [0.3, 0.4) is 0 Å². The topological polar surface area (TPSA) is 111 Å². The van der Waals surface area contributed by atoms with E-state index in [0.29, 0.717) is 17.4 Å². The number of aliphatic carboxylic acids is 1. The Labute approximate surface area is 549 Å². The number of esters is 2. The molecule has 0 bridgehead atoms. The minimum atomic E-state index is -1.63. The van der Waals surface area contributed by atoms with E-state index in [9.17, 15) is 19.5 Å². The van der Waals surface area contributed by atoms with Crippen LogP contribution in [-0.4, -0.2) is 82.3 Å². The lowest BCUT2D eigenvalue weighted by Crippen LogP contribution is -2.44. The van der Waals surface area contributed by atoms with Gasteiger partial charge in [0, 0.05) is 12.8 Å². The minimum absolute atomic E-state index is 0.142. The Hall–Kier alpha value is -4.05. The number of unbranched alkanes of at least 4 members (excludes halogenated alkanes) is 35. The fourth-order valence-electron chi connectivity index (χ4n) is 10.4. The van der Waals surface area contributed by atoms with Gasteiger partial charge < -0.3 is 33.3 Å². The SMILES string of the molecule is CC/C=C\C/C=C\C/C=C\C/C=C\C/C=C\C/C=C\C/C=C\C/C=C\C/C=C\CCCCCCCCCC(=O)OC(COC(=O)CCCCCCCCCCCCCCCCCCCCCCCCCCCCCCC)COC(OCC[N+](C)(C)C)C(=O)[O-]. The van der Waals surface area contributed by atoms with Gasteiger partial charge in [0.2, 0.25) is 0 Å². The lowest BCUT2D eigenvalue weighted by atomic mass is 10.0. The van der Waals surface area contributed by atoms with Crippen molar-refractivity contribution in [3.05, 3.63) is 109 Å². The van der Waals surface area contributed by atoms with Gasteiger partial charge in [0.1, 0.15) is 13.2 Å². The molecule has 0 radical (unpaired) electrons.